The smallest absolute Gasteiger partial charge is 0.178 e. The molecule has 0 radical (unpaired) electrons. The second-order valence-corrected chi connectivity index (χ2v) is 15.5. The summed E-state index contributed by atoms with van der Waals surface area (Å²) in [6.45, 7) is 4.47. The van der Waals surface area contributed by atoms with Gasteiger partial charge in [-0.1, -0.05) is 24.0 Å². The van der Waals surface area contributed by atoms with Crippen molar-refractivity contribution in [3.05, 3.63) is 46.6 Å². The van der Waals surface area contributed by atoms with Crippen molar-refractivity contribution in [1.82, 2.24) is 4.90 Å². The number of likely N-dealkylation sites (tertiary alicyclic amines) is 1. The molecular weight excluding hydrogens is 612 g/mol. The highest BCUT2D eigenvalue weighted by atomic mass is 32.2. The van der Waals surface area contributed by atoms with E-state index in [9.17, 15) is 18.1 Å². The Balaban J connectivity index is 1.12. The fourth-order valence-corrected chi connectivity index (χ4v) is 8.78. The Morgan fingerprint density at radius 2 is 1.91 bits per heavy atom. The van der Waals surface area contributed by atoms with Crippen LogP contribution in [0.5, 0.6) is 5.75 Å². The van der Waals surface area contributed by atoms with Crippen LogP contribution in [-0.2, 0) is 21.0 Å². The molecule has 3 fully saturated rings. The van der Waals surface area contributed by atoms with Gasteiger partial charge in [-0.15, -0.1) is 11.3 Å². The second-order valence-electron chi connectivity index (χ2n) is 12.5. The first kappa shape index (κ1) is 31.6. The van der Waals surface area contributed by atoms with Crippen LogP contribution in [0.15, 0.2) is 35.2 Å². The highest BCUT2D eigenvalue weighted by molar-refractivity contribution is 7.90. The van der Waals surface area contributed by atoms with E-state index in [4.69, 9.17) is 9.47 Å². The number of nitriles is 1. The summed E-state index contributed by atoms with van der Waals surface area (Å²) < 4.78 is 50.1. The number of fused-ring (bicyclic) bond motifs is 1. The van der Waals surface area contributed by atoms with E-state index in [0.29, 0.717) is 23.2 Å². The third-order valence-corrected chi connectivity index (χ3v) is 11.9. The van der Waals surface area contributed by atoms with Crippen LogP contribution in [0.1, 0.15) is 49.0 Å². The average Bonchev–Trinajstić information content (AvgIpc) is 3.36. The molecule has 0 amide bonds. The number of thiophene rings is 1. The fraction of sp³-hybridized carbons (Fsp3) is 0.500. The summed E-state index contributed by atoms with van der Waals surface area (Å²) in [5, 5.41) is 17.5. The molecule has 0 bridgehead atoms. The summed E-state index contributed by atoms with van der Waals surface area (Å²) in [5.41, 5.74) is 2.78. The number of methoxy groups -OCH3 is 1. The van der Waals surface area contributed by atoms with Gasteiger partial charge in [0.15, 0.2) is 9.84 Å². The van der Waals surface area contributed by atoms with E-state index in [1.807, 2.05) is 6.07 Å². The predicted molar refractivity (Wildman–Crippen MR) is 176 cm³/mol. The quantitative estimate of drug-likeness (QED) is 0.294. The Morgan fingerprint density at radius 1 is 1.16 bits per heavy atom. The SMILES string of the molecule is COc1cc(S(C)(=O)=O)c(F)cc1NCC#Cc1sc2c(NC3CCC(N4CCC5(CC4)COC5)CC3)cccc2c1CC#N. The number of hydrogen-bond donors (Lipinski definition) is 2. The lowest BCUT2D eigenvalue weighted by Crippen LogP contribution is -2.53. The minimum absolute atomic E-state index is 0.175. The van der Waals surface area contributed by atoms with Crippen molar-refractivity contribution in [3.63, 3.8) is 0 Å². The van der Waals surface area contributed by atoms with E-state index >= 15 is 0 Å². The van der Waals surface area contributed by atoms with Gasteiger partial charge in [-0.05, 0) is 57.7 Å². The van der Waals surface area contributed by atoms with Gasteiger partial charge in [0.2, 0.25) is 0 Å². The van der Waals surface area contributed by atoms with Gasteiger partial charge >= 0.3 is 0 Å². The standard InChI is InChI=1S/C34H39FN4O4S2/c1-42-30-20-32(45(2,40)41)27(35)19-29(30)37-16-4-7-31-25(12-15-36)26-5-3-6-28(33(26)44-31)38-23-8-10-24(11-9-23)39-17-13-34(14-18-39)21-43-22-34/h3,5-6,19-20,23-24,37-38H,8-14,16-18,21-22H2,1-2H3. The maximum atomic E-state index is 14.5. The number of nitrogens with zero attached hydrogens (tertiary/aromatic N) is 2. The zero-order valence-electron chi connectivity index (χ0n) is 25.7. The van der Waals surface area contributed by atoms with Gasteiger partial charge in [0.1, 0.15) is 16.5 Å². The largest absolute Gasteiger partial charge is 0.495 e. The third-order valence-electron chi connectivity index (χ3n) is 9.54. The van der Waals surface area contributed by atoms with E-state index in [1.165, 1.54) is 51.9 Å². The first-order valence-corrected chi connectivity index (χ1v) is 18.2. The molecule has 1 saturated carbocycles. The molecule has 2 saturated heterocycles. The molecule has 8 nitrogen and oxygen atoms in total. The maximum Gasteiger partial charge on any atom is 0.178 e. The highest BCUT2D eigenvalue weighted by Gasteiger charge is 2.42. The van der Waals surface area contributed by atoms with E-state index in [1.54, 1.807) is 11.3 Å². The number of hydrogen-bond acceptors (Lipinski definition) is 9. The highest BCUT2D eigenvalue weighted by Crippen LogP contribution is 2.41. The van der Waals surface area contributed by atoms with Gasteiger partial charge in [-0.3, -0.25) is 0 Å². The molecular formula is C34H39FN4O4S2. The summed E-state index contributed by atoms with van der Waals surface area (Å²) in [6, 6.07) is 11.9. The molecule has 11 heteroatoms. The van der Waals surface area contributed by atoms with Crippen LogP contribution in [0, 0.1) is 34.4 Å². The topological polar surface area (TPSA) is 104 Å². The van der Waals surface area contributed by atoms with Gasteiger partial charge in [-0.2, -0.15) is 5.26 Å². The van der Waals surface area contributed by atoms with Gasteiger partial charge in [0.25, 0.3) is 0 Å². The monoisotopic (exact) mass is 650 g/mol. The molecule has 2 aromatic carbocycles. The number of sulfone groups is 1. The van der Waals surface area contributed by atoms with Crippen LogP contribution < -0.4 is 15.4 Å². The maximum absolute atomic E-state index is 14.5. The Hall–Kier alpha value is -3.35. The van der Waals surface area contributed by atoms with Crippen LogP contribution in [0.4, 0.5) is 15.8 Å². The van der Waals surface area contributed by atoms with Crippen LogP contribution in [0.25, 0.3) is 10.1 Å². The summed E-state index contributed by atoms with van der Waals surface area (Å²) >= 11 is 1.59. The lowest BCUT2D eigenvalue weighted by molar-refractivity contribution is -0.143. The zero-order chi connectivity index (χ0) is 31.6. The van der Waals surface area contributed by atoms with E-state index in [2.05, 4.69) is 45.6 Å². The normalized spacial score (nSPS) is 21.4. The van der Waals surface area contributed by atoms with Gasteiger partial charge in [-0.25, -0.2) is 12.8 Å². The van der Waals surface area contributed by atoms with Crippen molar-refractivity contribution in [3.8, 4) is 23.7 Å². The molecule has 3 heterocycles. The molecule has 3 aromatic rings. The first-order chi connectivity index (χ1) is 21.7. The molecule has 2 aliphatic heterocycles. The lowest BCUT2D eigenvalue weighted by atomic mass is 9.76. The number of piperidine rings is 1. The minimum atomic E-state index is -3.74. The second kappa shape index (κ2) is 13.2. The molecule has 6 rings (SSSR count). The average molecular weight is 651 g/mol. The minimum Gasteiger partial charge on any atom is -0.495 e. The number of ether oxygens (including phenoxy) is 2. The van der Waals surface area contributed by atoms with Crippen molar-refractivity contribution < 1.29 is 22.3 Å². The first-order valence-electron chi connectivity index (χ1n) is 15.5. The molecule has 2 N–H and O–H groups in total. The fourth-order valence-electron chi connectivity index (χ4n) is 6.88. The molecule has 238 valence electrons. The Labute approximate surface area is 268 Å². The number of rotatable bonds is 8. The third kappa shape index (κ3) is 6.78. The summed E-state index contributed by atoms with van der Waals surface area (Å²) in [5.74, 6) is 5.66. The van der Waals surface area contributed by atoms with Gasteiger partial charge in [0.05, 0.1) is 60.3 Å². The summed E-state index contributed by atoms with van der Waals surface area (Å²) in [6.07, 6.45) is 8.42. The zero-order valence-corrected chi connectivity index (χ0v) is 27.4. The molecule has 0 unspecified atom stereocenters. The Morgan fingerprint density at radius 3 is 2.56 bits per heavy atom. The van der Waals surface area contributed by atoms with Crippen molar-refractivity contribution in [2.45, 2.75) is 61.9 Å². The molecule has 1 spiro atoms. The van der Waals surface area contributed by atoms with E-state index in [-0.39, 0.29) is 18.7 Å². The van der Waals surface area contributed by atoms with Crippen LogP contribution in [-0.4, -0.2) is 71.6 Å². The van der Waals surface area contributed by atoms with Crippen LogP contribution in [0.3, 0.4) is 0 Å². The van der Waals surface area contributed by atoms with Crippen molar-refractivity contribution in [1.29, 1.82) is 5.26 Å². The van der Waals surface area contributed by atoms with Gasteiger partial charge in [0, 0.05) is 46.8 Å². The Bertz CT molecular complexity index is 1770. The molecule has 45 heavy (non-hydrogen) atoms. The molecule has 1 aliphatic carbocycles. The molecule has 0 atom stereocenters. The summed E-state index contributed by atoms with van der Waals surface area (Å²) in [7, 11) is -2.34. The van der Waals surface area contributed by atoms with E-state index in [0.717, 1.165) is 64.6 Å². The number of halogens is 1. The lowest BCUT2D eigenvalue weighted by Gasteiger charge is -2.49. The number of nitrogens with one attached hydrogen (secondary N) is 2. The molecule has 1 aromatic heterocycles. The Kier molecular flexibility index (Phi) is 9.26. The van der Waals surface area contributed by atoms with Crippen molar-refractivity contribution in [2.75, 3.05) is 56.8 Å². The summed E-state index contributed by atoms with van der Waals surface area (Å²) in [4.78, 5) is 3.13. The van der Waals surface area contributed by atoms with E-state index < -0.39 is 20.5 Å². The van der Waals surface area contributed by atoms with Crippen LogP contribution >= 0.6 is 11.3 Å². The molecule has 3 aliphatic rings. The van der Waals surface area contributed by atoms with Gasteiger partial charge < -0.3 is 25.0 Å². The van der Waals surface area contributed by atoms with Crippen LogP contribution in [0.2, 0.25) is 0 Å². The number of benzene rings is 2. The van der Waals surface area contributed by atoms with Crippen molar-refractivity contribution in [2.24, 2.45) is 5.41 Å². The number of anilines is 2. The predicted octanol–water partition coefficient (Wildman–Crippen LogP) is 5.82. The van der Waals surface area contributed by atoms with Crippen molar-refractivity contribution >= 4 is 42.6 Å².